The fourth-order valence-electron chi connectivity index (χ4n) is 1.51. The molecule has 0 N–H and O–H groups in total. The summed E-state index contributed by atoms with van der Waals surface area (Å²) in [5, 5.41) is 1.45. The van der Waals surface area contributed by atoms with Gasteiger partial charge in [0.05, 0.1) is 0 Å². The van der Waals surface area contributed by atoms with E-state index in [4.69, 9.17) is 16.3 Å². The van der Waals surface area contributed by atoms with Crippen LogP contribution in [0.3, 0.4) is 0 Å². The average molecular weight is 312 g/mol. The summed E-state index contributed by atoms with van der Waals surface area (Å²) in [4.78, 5) is 0. The molecule has 17 heavy (non-hydrogen) atoms. The third-order valence-electron chi connectivity index (χ3n) is 2.41. The molecule has 0 aromatic heterocycles. The van der Waals surface area contributed by atoms with Crippen LogP contribution in [0.1, 0.15) is 11.1 Å². The third-order valence-corrected chi connectivity index (χ3v) is 3.25. The summed E-state index contributed by atoms with van der Waals surface area (Å²) in [7, 11) is 0. The van der Waals surface area contributed by atoms with Crippen LogP contribution in [-0.2, 0) is 11.9 Å². The first-order valence-corrected chi connectivity index (χ1v) is 6.80. The lowest BCUT2D eigenvalue weighted by Gasteiger charge is -2.10. The maximum atomic E-state index is 5.96. The van der Waals surface area contributed by atoms with Gasteiger partial charge in [0.2, 0.25) is 0 Å². The highest BCUT2D eigenvalue weighted by Gasteiger charge is 2.04. The molecule has 2 rings (SSSR count). The quantitative estimate of drug-likeness (QED) is 0.736. The van der Waals surface area contributed by atoms with Crippen molar-refractivity contribution in [2.75, 3.05) is 0 Å². The maximum absolute atomic E-state index is 5.96. The molecule has 0 fully saturated rings. The number of rotatable bonds is 4. The van der Waals surface area contributed by atoms with Gasteiger partial charge in [0.25, 0.3) is 0 Å². The second kappa shape index (κ2) is 6.08. The van der Waals surface area contributed by atoms with Crippen LogP contribution in [0.4, 0.5) is 0 Å². The van der Waals surface area contributed by atoms with Crippen molar-refractivity contribution in [2.24, 2.45) is 0 Å². The Kier molecular flexibility index (Phi) is 4.46. The lowest BCUT2D eigenvalue weighted by Crippen LogP contribution is -1.97. The van der Waals surface area contributed by atoms with E-state index >= 15 is 0 Å². The summed E-state index contributed by atoms with van der Waals surface area (Å²) in [6, 6.07) is 15.8. The summed E-state index contributed by atoms with van der Waals surface area (Å²) < 4.78 is 5.78. The Bertz CT molecular complexity index is 485. The minimum absolute atomic E-state index is 0.557. The van der Waals surface area contributed by atoms with E-state index in [2.05, 4.69) is 15.9 Å². The molecule has 0 saturated carbocycles. The van der Waals surface area contributed by atoms with E-state index < -0.39 is 0 Å². The van der Waals surface area contributed by atoms with E-state index in [1.54, 1.807) is 0 Å². The van der Waals surface area contributed by atoms with Gasteiger partial charge >= 0.3 is 0 Å². The van der Waals surface area contributed by atoms with E-state index in [-0.39, 0.29) is 0 Å². The molecule has 0 amide bonds. The summed E-state index contributed by atoms with van der Waals surface area (Å²) >= 11 is 9.40. The molecule has 0 aliphatic rings. The van der Waals surface area contributed by atoms with Crippen molar-refractivity contribution in [2.45, 2.75) is 11.9 Å². The van der Waals surface area contributed by atoms with Crippen molar-refractivity contribution in [3.05, 3.63) is 64.7 Å². The van der Waals surface area contributed by atoms with E-state index in [1.807, 2.05) is 48.5 Å². The smallest absolute Gasteiger partial charge is 0.125 e. The zero-order valence-corrected chi connectivity index (χ0v) is 11.5. The third kappa shape index (κ3) is 3.48. The van der Waals surface area contributed by atoms with Gasteiger partial charge in [-0.1, -0.05) is 63.9 Å². The first-order valence-electron chi connectivity index (χ1n) is 5.30. The molecule has 2 aromatic rings. The molecule has 0 bridgehead atoms. The highest BCUT2D eigenvalue weighted by atomic mass is 79.9. The standard InChI is InChI=1S/C14H12BrClO/c15-9-12-6-7-13(16)8-14(12)17-10-11-4-2-1-3-5-11/h1-8H,9-10H2. The average Bonchev–Trinajstić information content (AvgIpc) is 2.38. The molecule has 0 unspecified atom stereocenters. The molecule has 3 heteroatoms. The molecule has 0 atom stereocenters. The van der Waals surface area contributed by atoms with Crippen LogP contribution in [0.2, 0.25) is 5.02 Å². The van der Waals surface area contributed by atoms with Crippen molar-refractivity contribution < 1.29 is 4.74 Å². The molecule has 0 heterocycles. The fourth-order valence-corrected chi connectivity index (χ4v) is 2.13. The Morgan fingerprint density at radius 2 is 1.82 bits per heavy atom. The van der Waals surface area contributed by atoms with Gasteiger partial charge in [0.1, 0.15) is 12.4 Å². The monoisotopic (exact) mass is 310 g/mol. The predicted molar refractivity (Wildman–Crippen MR) is 74.9 cm³/mol. The van der Waals surface area contributed by atoms with Gasteiger partial charge in [-0.05, 0) is 17.7 Å². The van der Waals surface area contributed by atoms with Crippen LogP contribution in [0.15, 0.2) is 48.5 Å². The van der Waals surface area contributed by atoms with Crippen LogP contribution in [0.25, 0.3) is 0 Å². The largest absolute Gasteiger partial charge is 0.489 e. The van der Waals surface area contributed by atoms with Gasteiger partial charge in [0.15, 0.2) is 0 Å². The van der Waals surface area contributed by atoms with Gasteiger partial charge in [-0.25, -0.2) is 0 Å². The van der Waals surface area contributed by atoms with Crippen LogP contribution in [-0.4, -0.2) is 0 Å². The molecule has 2 aromatic carbocycles. The number of ether oxygens (including phenoxy) is 1. The van der Waals surface area contributed by atoms with Crippen LogP contribution >= 0.6 is 27.5 Å². The lowest BCUT2D eigenvalue weighted by atomic mass is 10.2. The molecule has 1 nitrogen and oxygen atoms in total. The van der Waals surface area contributed by atoms with Gasteiger partial charge in [-0.3, -0.25) is 0 Å². The topological polar surface area (TPSA) is 9.23 Å². The molecule has 0 radical (unpaired) electrons. The Morgan fingerprint density at radius 3 is 2.53 bits per heavy atom. The SMILES string of the molecule is Clc1ccc(CBr)c(OCc2ccccc2)c1. The van der Waals surface area contributed by atoms with E-state index in [9.17, 15) is 0 Å². The Labute approximate surface area is 115 Å². The number of alkyl halides is 1. The number of halogens is 2. The Hall–Kier alpha value is -0.990. The van der Waals surface area contributed by atoms with Crippen molar-refractivity contribution >= 4 is 27.5 Å². The van der Waals surface area contributed by atoms with Gasteiger partial charge in [-0.15, -0.1) is 0 Å². The summed E-state index contributed by atoms with van der Waals surface area (Å²) in [5.41, 5.74) is 2.25. The molecular weight excluding hydrogens is 300 g/mol. The molecule has 0 aliphatic heterocycles. The molecular formula is C14H12BrClO. The minimum atomic E-state index is 0.557. The van der Waals surface area contributed by atoms with Crippen molar-refractivity contribution in [1.82, 2.24) is 0 Å². The highest BCUT2D eigenvalue weighted by Crippen LogP contribution is 2.26. The second-order valence-electron chi connectivity index (χ2n) is 3.66. The van der Waals surface area contributed by atoms with Gasteiger partial charge in [0, 0.05) is 15.9 Å². The predicted octanol–water partition coefficient (Wildman–Crippen LogP) is 4.81. The first-order chi connectivity index (χ1) is 8.29. The highest BCUT2D eigenvalue weighted by molar-refractivity contribution is 9.08. The van der Waals surface area contributed by atoms with Gasteiger partial charge < -0.3 is 4.74 Å². The normalized spacial score (nSPS) is 10.2. The lowest BCUT2D eigenvalue weighted by molar-refractivity contribution is 0.304. The maximum Gasteiger partial charge on any atom is 0.125 e. The molecule has 0 spiro atoms. The van der Waals surface area contributed by atoms with Crippen molar-refractivity contribution in [3.8, 4) is 5.75 Å². The van der Waals surface area contributed by atoms with E-state index in [0.29, 0.717) is 11.6 Å². The van der Waals surface area contributed by atoms with Crippen LogP contribution < -0.4 is 4.74 Å². The zero-order valence-electron chi connectivity index (χ0n) is 9.20. The Morgan fingerprint density at radius 1 is 1.06 bits per heavy atom. The van der Waals surface area contributed by atoms with E-state index in [0.717, 1.165) is 22.2 Å². The van der Waals surface area contributed by atoms with Crippen LogP contribution in [0.5, 0.6) is 5.75 Å². The molecule has 0 saturated heterocycles. The minimum Gasteiger partial charge on any atom is -0.489 e. The van der Waals surface area contributed by atoms with Crippen molar-refractivity contribution in [3.63, 3.8) is 0 Å². The van der Waals surface area contributed by atoms with Crippen molar-refractivity contribution in [1.29, 1.82) is 0 Å². The van der Waals surface area contributed by atoms with Gasteiger partial charge in [-0.2, -0.15) is 0 Å². The Balaban J connectivity index is 2.11. The first kappa shape index (κ1) is 12.5. The van der Waals surface area contributed by atoms with Crippen LogP contribution in [0, 0.1) is 0 Å². The molecule has 88 valence electrons. The number of hydrogen-bond donors (Lipinski definition) is 0. The number of benzene rings is 2. The molecule has 0 aliphatic carbocycles. The summed E-state index contributed by atoms with van der Waals surface area (Å²) in [5.74, 6) is 0.832. The number of hydrogen-bond acceptors (Lipinski definition) is 1. The second-order valence-corrected chi connectivity index (χ2v) is 4.66. The zero-order chi connectivity index (χ0) is 12.1. The summed E-state index contributed by atoms with van der Waals surface area (Å²) in [6.45, 7) is 0.557. The van der Waals surface area contributed by atoms with E-state index in [1.165, 1.54) is 0 Å². The summed E-state index contributed by atoms with van der Waals surface area (Å²) in [6.07, 6.45) is 0. The fraction of sp³-hybridized carbons (Fsp3) is 0.143.